The standard InChI is InChI=1S/C15H12BrF2NO/c16-9-11-3-1-2-4-14(11)19-15(20)8-10-5-6-12(17)13(18)7-10/h1-7H,8-9H2,(H,19,20). The first-order valence-corrected chi connectivity index (χ1v) is 7.10. The quantitative estimate of drug-likeness (QED) is 0.837. The average Bonchev–Trinajstić information content (AvgIpc) is 2.43. The second-order valence-electron chi connectivity index (χ2n) is 4.26. The molecule has 0 saturated heterocycles. The molecule has 1 amide bonds. The Morgan fingerprint density at radius 3 is 2.55 bits per heavy atom. The van der Waals surface area contributed by atoms with Gasteiger partial charge in [0.2, 0.25) is 5.91 Å². The van der Waals surface area contributed by atoms with Crippen molar-refractivity contribution in [2.75, 3.05) is 5.32 Å². The molecule has 20 heavy (non-hydrogen) atoms. The summed E-state index contributed by atoms with van der Waals surface area (Å²) in [4.78, 5) is 11.9. The van der Waals surface area contributed by atoms with Crippen molar-refractivity contribution in [2.24, 2.45) is 0 Å². The van der Waals surface area contributed by atoms with E-state index in [-0.39, 0.29) is 12.3 Å². The maximum absolute atomic E-state index is 13.1. The van der Waals surface area contributed by atoms with Crippen LogP contribution in [0.3, 0.4) is 0 Å². The molecule has 0 unspecified atom stereocenters. The van der Waals surface area contributed by atoms with Gasteiger partial charge in [-0.2, -0.15) is 0 Å². The van der Waals surface area contributed by atoms with Crippen LogP contribution in [0.2, 0.25) is 0 Å². The number of alkyl halides is 1. The molecule has 0 heterocycles. The van der Waals surface area contributed by atoms with E-state index in [1.165, 1.54) is 6.07 Å². The van der Waals surface area contributed by atoms with Crippen LogP contribution in [0, 0.1) is 11.6 Å². The molecule has 0 bridgehead atoms. The Morgan fingerprint density at radius 1 is 1.10 bits per heavy atom. The zero-order chi connectivity index (χ0) is 14.5. The van der Waals surface area contributed by atoms with Gasteiger partial charge < -0.3 is 5.32 Å². The zero-order valence-electron chi connectivity index (χ0n) is 10.5. The number of carbonyl (C=O) groups is 1. The van der Waals surface area contributed by atoms with Crippen LogP contribution in [0.15, 0.2) is 42.5 Å². The maximum atomic E-state index is 13.1. The number of anilines is 1. The highest BCUT2D eigenvalue weighted by molar-refractivity contribution is 9.08. The van der Waals surface area contributed by atoms with Gasteiger partial charge in [-0.05, 0) is 29.3 Å². The molecule has 0 saturated carbocycles. The molecule has 5 heteroatoms. The summed E-state index contributed by atoms with van der Waals surface area (Å²) < 4.78 is 25.9. The predicted octanol–water partition coefficient (Wildman–Crippen LogP) is 4.04. The van der Waals surface area contributed by atoms with Gasteiger partial charge in [-0.1, -0.05) is 40.2 Å². The molecule has 2 aromatic carbocycles. The third-order valence-electron chi connectivity index (χ3n) is 2.78. The summed E-state index contributed by atoms with van der Waals surface area (Å²) in [7, 11) is 0. The van der Waals surface area contributed by atoms with Gasteiger partial charge in [-0.25, -0.2) is 8.78 Å². The second-order valence-corrected chi connectivity index (χ2v) is 4.82. The monoisotopic (exact) mass is 339 g/mol. The van der Waals surface area contributed by atoms with E-state index in [2.05, 4.69) is 21.2 Å². The highest BCUT2D eigenvalue weighted by Crippen LogP contribution is 2.18. The van der Waals surface area contributed by atoms with Crippen molar-refractivity contribution in [2.45, 2.75) is 11.8 Å². The molecule has 0 spiro atoms. The lowest BCUT2D eigenvalue weighted by Gasteiger charge is -2.09. The van der Waals surface area contributed by atoms with Crippen LogP contribution in [-0.2, 0) is 16.5 Å². The number of hydrogen-bond donors (Lipinski definition) is 1. The van der Waals surface area contributed by atoms with Gasteiger partial charge in [0.25, 0.3) is 0 Å². The molecule has 0 aliphatic carbocycles. The molecular weight excluding hydrogens is 328 g/mol. The molecule has 2 rings (SSSR count). The Bertz CT molecular complexity index is 631. The molecule has 2 aromatic rings. The number of rotatable bonds is 4. The zero-order valence-corrected chi connectivity index (χ0v) is 12.1. The van der Waals surface area contributed by atoms with Gasteiger partial charge in [0, 0.05) is 11.0 Å². The van der Waals surface area contributed by atoms with Crippen molar-refractivity contribution < 1.29 is 13.6 Å². The van der Waals surface area contributed by atoms with E-state index in [4.69, 9.17) is 0 Å². The van der Waals surface area contributed by atoms with E-state index >= 15 is 0 Å². The van der Waals surface area contributed by atoms with Crippen LogP contribution in [-0.4, -0.2) is 5.91 Å². The van der Waals surface area contributed by atoms with E-state index in [9.17, 15) is 13.6 Å². The van der Waals surface area contributed by atoms with E-state index in [0.717, 1.165) is 17.7 Å². The highest BCUT2D eigenvalue weighted by atomic mass is 79.9. The number of hydrogen-bond acceptors (Lipinski definition) is 1. The number of amides is 1. The summed E-state index contributed by atoms with van der Waals surface area (Å²) in [6, 6.07) is 10.8. The van der Waals surface area contributed by atoms with E-state index in [1.807, 2.05) is 18.2 Å². The van der Waals surface area contributed by atoms with Gasteiger partial charge in [0.1, 0.15) is 0 Å². The lowest BCUT2D eigenvalue weighted by Crippen LogP contribution is -2.15. The average molecular weight is 340 g/mol. The third-order valence-corrected chi connectivity index (χ3v) is 3.39. The first-order chi connectivity index (χ1) is 9.60. The largest absolute Gasteiger partial charge is 0.326 e. The first kappa shape index (κ1) is 14.7. The molecule has 1 N–H and O–H groups in total. The van der Waals surface area contributed by atoms with Crippen molar-refractivity contribution >= 4 is 27.5 Å². The molecule has 0 aliphatic rings. The Kier molecular flexibility index (Phi) is 4.84. The maximum Gasteiger partial charge on any atom is 0.228 e. The van der Waals surface area contributed by atoms with E-state index in [1.54, 1.807) is 6.07 Å². The van der Waals surface area contributed by atoms with Crippen molar-refractivity contribution in [3.8, 4) is 0 Å². The summed E-state index contributed by atoms with van der Waals surface area (Å²) in [5, 5.41) is 3.38. The normalized spacial score (nSPS) is 10.3. The summed E-state index contributed by atoms with van der Waals surface area (Å²) >= 11 is 3.34. The SMILES string of the molecule is O=C(Cc1ccc(F)c(F)c1)Nc1ccccc1CBr. The van der Waals surface area contributed by atoms with Crippen molar-refractivity contribution in [1.82, 2.24) is 0 Å². The Hall–Kier alpha value is -1.75. The fourth-order valence-electron chi connectivity index (χ4n) is 1.79. The van der Waals surface area contributed by atoms with Crippen LogP contribution in [0.1, 0.15) is 11.1 Å². The Morgan fingerprint density at radius 2 is 1.85 bits per heavy atom. The molecule has 0 aromatic heterocycles. The molecule has 0 atom stereocenters. The molecular formula is C15H12BrF2NO. The molecule has 0 radical (unpaired) electrons. The van der Waals surface area contributed by atoms with Crippen LogP contribution >= 0.6 is 15.9 Å². The number of benzene rings is 2. The lowest BCUT2D eigenvalue weighted by molar-refractivity contribution is -0.115. The van der Waals surface area contributed by atoms with Gasteiger partial charge >= 0.3 is 0 Å². The summed E-state index contributed by atoms with van der Waals surface area (Å²) in [5.41, 5.74) is 2.08. The topological polar surface area (TPSA) is 29.1 Å². The number of halogens is 3. The lowest BCUT2D eigenvalue weighted by atomic mass is 10.1. The Labute approximate surface area is 123 Å². The summed E-state index contributed by atoms with van der Waals surface area (Å²) in [5.74, 6) is -2.14. The van der Waals surface area contributed by atoms with E-state index < -0.39 is 11.6 Å². The van der Waals surface area contributed by atoms with Gasteiger partial charge in [0.05, 0.1) is 6.42 Å². The fourth-order valence-corrected chi connectivity index (χ4v) is 2.28. The van der Waals surface area contributed by atoms with Crippen LogP contribution in [0.25, 0.3) is 0 Å². The second kappa shape index (κ2) is 6.61. The van der Waals surface area contributed by atoms with Crippen molar-refractivity contribution in [3.63, 3.8) is 0 Å². The molecule has 104 valence electrons. The van der Waals surface area contributed by atoms with Crippen LogP contribution in [0.4, 0.5) is 14.5 Å². The number of para-hydroxylation sites is 1. The molecule has 0 fully saturated rings. The van der Waals surface area contributed by atoms with E-state index in [0.29, 0.717) is 16.6 Å². The highest BCUT2D eigenvalue weighted by Gasteiger charge is 2.09. The molecule has 0 aliphatic heterocycles. The Balaban J connectivity index is 2.07. The van der Waals surface area contributed by atoms with Gasteiger partial charge in [-0.15, -0.1) is 0 Å². The predicted molar refractivity (Wildman–Crippen MR) is 77.8 cm³/mol. The number of carbonyl (C=O) groups excluding carboxylic acids is 1. The fraction of sp³-hybridized carbons (Fsp3) is 0.133. The summed E-state index contributed by atoms with van der Waals surface area (Å²) in [6.07, 6.45) is -0.00613. The minimum absolute atomic E-state index is 0.00613. The van der Waals surface area contributed by atoms with Crippen LogP contribution in [0.5, 0.6) is 0 Å². The van der Waals surface area contributed by atoms with Crippen molar-refractivity contribution in [3.05, 3.63) is 65.2 Å². The van der Waals surface area contributed by atoms with Gasteiger partial charge in [-0.3, -0.25) is 4.79 Å². The minimum Gasteiger partial charge on any atom is -0.326 e. The van der Waals surface area contributed by atoms with Crippen LogP contribution < -0.4 is 5.32 Å². The van der Waals surface area contributed by atoms with Gasteiger partial charge in [0.15, 0.2) is 11.6 Å². The molecule has 2 nitrogen and oxygen atoms in total. The van der Waals surface area contributed by atoms with Crippen molar-refractivity contribution in [1.29, 1.82) is 0 Å². The number of nitrogens with one attached hydrogen (secondary N) is 1. The minimum atomic E-state index is -0.948. The first-order valence-electron chi connectivity index (χ1n) is 5.98. The summed E-state index contributed by atoms with van der Waals surface area (Å²) in [6.45, 7) is 0. The third kappa shape index (κ3) is 3.63. The smallest absolute Gasteiger partial charge is 0.228 e.